The molecule has 0 heterocycles. The van der Waals surface area contributed by atoms with Crippen LogP contribution in [0.2, 0.25) is 0 Å². The third kappa shape index (κ3) is 3.72. The van der Waals surface area contributed by atoms with Crippen LogP contribution in [0.3, 0.4) is 0 Å². The van der Waals surface area contributed by atoms with Gasteiger partial charge in [-0.1, -0.05) is 15.9 Å². The maximum atomic E-state index is 13.4. The number of benzene rings is 2. The number of nitro benzene ring substituents is 1. The molecule has 0 aromatic heterocycles. The number of nitro groups is 1. The van der Waals surface area contributed by atoms with Crippen molar-refractivity contribution in [2.75, 3.05) is 5.32 Å². The second kappa shape index (κ2) is 6.13. The normalized spacial score (nSPS) is 10.5. The summed E-state index contributed by atoms with van der Waals surface area (Å²) in [6.07, 6.45) is 0. The summed E-state index contributed by atoms with van der Waals surface area (Å²) in [4.78, 5) is 10.2. The van der Waals surface area contributed by atoms with Gasteiger partial charge in [0.2, 0.25) is 0 Å². The topological polar surface area (TPSA) is 55.2 Å². The highest BCUT2D eigenvalue weighted by molar-refractivity contribution is 9.10. The van der Waals surface area contributed by atoms with Gasteiger partial charge >= 0.3 is 0 Å². The zero-order valence-corrected chi connectivity index (χ0v) is 12.0. The van der Waals surface area contributed by atoms with Crippen molar-refractivity contribution < 1.29 is 18.1 Å². The molecule has 0 unspecified atom stereocenters. The molecule has 21 heavy (non-hydrogen) atoms. The SMILES string of the molecule is O=[N+]([O-])c1cc(Br)cc(CNc2cc(F)cc(F)c2F)c1. The van der Waals surface area contributed by atoms with Crippen molar-refractivity contribution in [2.45, 2.75) is 6.54 Å². The van der Waals surface area contributed by atoms with E-state index in [1.807, 2.05) is 0 Å². The lowest BCUT2D eigenvalue weighted by Crippen LogP contribution is -2.04. The lowest BCUT2D eigenvalue weighted by molar-refractivity contribution is -0.385. The van der Waals surface area contributed by atoms with E-state index in [1.165, 1.54) is 12.1 Å². The molecule has 0 amide bonds. The van der Waals surface area contributed by atoms with E-state index in [1.54, 1.807) is 6.07 Å². The van der Waals surface area contributed by atoms with Crippen molar-refractivity contribution in [1.29, 1.82) is 0 Å². The molecule has 0 aliphatic carbocycles. The number of nitrogens with one attached hydrogen (secondary N) is 1. The predicted octanol–water partition coefficient (Wildman–Crippen LogP) is 4.39. The third-order valence-corrected chi connectivity index (χ3v) is 3.09. The Hall–Kier alpha value is -2.09. The monoisotopic (exact) mass is 360 g/mol. The highest BCUT2D eigenvalue weighted by atomic mass is 79.9. The van der Waals surface area contributed by atoms with Crippen LogP contribution in [-0.4, -0.2) is 4.92 Å². The highest BCUT2D eigenvalue weighted by Crippen LogP contribution is 2.24. The van der Waals surface area contributed by atoms with E-state index in [9.17, 15) is 23.3 Å². The number of hydrogen-bond acceptors (Lipinski definition) is 3. The first-order valence-corrected chi connectivity index (χ1v) is 6.48. The number of nitrogens with zero attached hydrogens (tertiary/aromatic N) is 1. The Balaban J connectivity index is 2.22. The van der Waals surface area contributed by atoms with Crippen molar-refractivity contribution >= 4 is 27.3 Å². The van der Waals surface area contributed by atoms with Crippen molar-refractivity contribution in [2.24, 2.45) is 0 Å². The Bertz CT molecular complexity index is 710. The van der Waals surface area contributed by atoms with Crippen LogP contribution in [0.4, 0.5) is 24.5 Å². The summed E-state index contributed by atoms with van der Waals surface area (Å²) < 4.78 is 40.0. The summed E-state index contributed by atoms with van der Waals surface area (Å²) in [6.45, 7) is -0.0277. The molecule has 0 bridgehead atoms. The summed E-state index contributed by atoms with van der Waals surface area (Å²) in [5.74, 6) is -3.43. The first kappa shape index (κ1) is 15.3. The molecule has 8 heteroatoms. The molecular formula is C13H8BrF3N2O2. The molecule has 1 N–H and O–H groups in total. The molecular weight excluding hydrogens is 353 g/mol. The minimum atomic E-state index is -1.31. The Morgan fingerprint density at radius 1 is 1.14 bits per heavy atom. The summed E-state index contributed by atoms with van der Waals surface area (Å²) in [5.41, 5.74) is -0.0395. The maximum absolute atomic E-state index is 13.4. The first-order valence-electron chi connectivity index (χ1n) is 5.69. The van der Waals surface area contributed by atoms with Crippen molar-refractivity contribution in [3.05, 3.63) is 67.9 Å². The number of anilines is 1. The molecule has 0 saturated carbocycles. The fraction of sp³-hybridized carbons (Fsp3) is 0.0769. The van der Waals surface area contributed by atoms with Gasteiger partial charge < -0.3 is 5.32 Å². The van der Waals surface area contributed by atoms with E-state index in [4.69, 9.17) is 0 Å². The summed E-state index contributed by atoms with van der Waals surface area (Å²) in [6, 6.07) is 5.42. The smallest absolute Gasteiger partial charge is 0.270 e. The highest BCUT2D eigenvalue weighted by Gasteiger charge is 2.12. The Kier molecular flexibility index (Phi) is 4.46. The predicted molar refractivity (Wildman–Crippen MR) is 74.4 cm³/mol. The quantitative estimate of drug-likeness (QED) is 0.499. The van der Waals surface area contributed by atoms with Gasteiger partial charge in [0.1, 0.15) is 5.82 Å². The van der Waals surface area contributed by atoms with Crippen LogP contribution in [0, 0.1) is 27.6 Å². The zero-order valence-electron chi connectivity index (χ0n) is 10.4. The van der Waals surface area contributed by atoms with Crippen molar-refractivity contribution in [3.63, 3.8) is 0 Å². The molecule has 0 saturated heterocycles. The van der Waals surface area contributed by atoms with Gasteiger partial charge in [-0.25, -0.2) is 13.2 Å². The van der Waals surface area contributed by atoms with Gasteiger partial charge in [-0.05, 0) is 11.6 Å². The molecule has 0 atom stereocenters. The largest absolute Gasteiger partial charge is 0.378 e. The zero-order chi connectivity index (χ0) is 15.6. The molecule has 0 aliphatic rings. The van der Waals surface area contributed by atoms with Crippen LogP contribution in [-0.2, 0) is 6.54 Å². The summed E-state index contributed by atoms with van der Waals surface area (Å²) >= 11 is 3.12. The average Bonchev–Trinajstić information content (AvgIpc) is 2.40. The lowest BCUT2D eigenvalue weighted by Gasteiger charge is -2.09. The van der Waals surface area contributed by atoms with Gasteiger partial charge in [-0.15, -0.1) is 0 Å². The van der Waals surface area contributed by atoms with E-state index in [2.05, 4.69) is 21.2 Å². The average molecular weight is 361 g/mol. The van der Waals surface area contributed by atoms with Crippen LogP contribution in [0.25, 0.3) is 0 Å². The molecule has 0 radical (unpaired) electrons. The molecule has 2 aromatic carbocycles. The van der Waals surface area contributed by atoms with Crippen LogP contribution in [0.15, 0.2) is 34.8 Å². The standard InChI is InChI=1S/C13H8BrF3N2O2/c14-8-1-7(2-10(3-8)19(20)21)6-18-12-5-9(15)4-11(16)13(12)17/h1-5,18H,6H2. The third-order valence-electron chi connectivity index (χ3n) is 2.63. The molecule has 2 aromatic rings. The number of rotatable bonds is 4. The van der Waals surface area contributed by atoms with Gasteiger partial charge in [0.25, 0.3) is 5.69 Å². The lowest BCUT2D eigenvalue weighted by atomic mass is 10.2. The fourth-order valence-electron chi connectivity index (χ4n) is 1.72. The first-order chi connectivity index (χ1) is 9.86. The van der Waals surface area contributed by atoms with Crippen LogP contribution in [0.5, 0.6) is 0 Å². The van der Waals surface area contributed by atoms with Crippen molar-refractivity contribution in [1.82, 2.24) is 0 Å². The minimum absolute atomic E-state index is 0.0277. The van der Waals surface area contributed by atoms with E-state index in [0.29, 0.717) is 16.1 Å². The van der Waals surface area contributed by atoms with Crippen molar-refractivity contribution in [3.8, 4) is 0 Å². The van der Waals surface area contributed by atoms with Gasteiger partial charge in [0.05, 0.1) is 10.6 Å². The molecule has 0 aliphatic heterocycles. The van der Waals surface area contributed by atoms with E-state index in [-0.39, 0.29) is 17.9 Å². The van der Waals surface area contributed by atoms with E-state index in [0.717, 1.165) is 6.07 Å². The summed E-state index contributed by atoms with van der Waals surface area (Å²) in [7, 11) is 0. The molecule has 0 spiro atoms. The molecule has 110 valence electrons. The Morgan fingerprint density at radius 2 is 1.86 bits per heavy atom. The second-order valence-corrected chi connectivity index (χ2v) is 5.09. The molecule has 4 nitrogen and oxygen atoms in total. The number of non-ortho nitro benzene ring substituents is 1. The second-order valence-electron chi connectivity index (χ2n) is 4.18. The van der Waals surface area contributed by atoms with E-state index >= 15 is 0 Å². The number of halogens is 4. The fourth-order valence-corrected chi connectivity index (χ4v) is 2.25. The minimum Gasteiger partial charge on any atom is -0.378 e. The van der Waals surface area contributed by atoms with E-state index < -0.39 is 22.4 Å². The maximum Gasteiger partial charge on any atom is 0.270 e. The Morgan fingerprint density at radius 3 is 2.52 bits per heavy atom. The van der Waals surface area contributed by atoms with Gasteiger partial charge in [-0.2, -0.15) is 0 Å². The van der Waals surface area contributed by atoms with Gasteiger partial charge in [-0.3, -0.25) is 10.1 Å². The van der Waals surface area contributed by atoms with Crippen LogP contribution < -0.4 is 5.32 Å². The van der Waals surface area contributed by atoms with Crippen LogP contribution >= 0.6 is 15.9 Å². The molecule has 0 fully saturated rings. The Labute approximate surface area is 125 Å². The summed E-state index contributed by atoms with van der Waals surface area (Å²) in [5, 5.41) is 13.2. The number of hydrogen-bond donors (Lipinski definition) is 1. The molecule has 2 rings (SSSR count). The van der Waals surface area contributed by atoms with Crippen LogP contribution in [0.1, 0.15) is 5.56 Å². The van der Waals surface area contributed by atoms with Gasteiger partial charge in [0, 0.05) is 35.3 Å². The van der Waals surface area contributed by atoms with Gasteiger partial charge in [0.15, 0.2) is 11.6 Å².